The summed E-state index contributed by atoms with van der Waals surface area (Å²) in [5.74, 6) is 0.524. The molecule has 0 saturated carbocycles. The average molecular weight is 280 g/mol. The molecule has 1 aromatic rings. The number of carbonyl (C=O) groups is 1. The smallest absolute Gasteiger partial charge is 0.173 e. The van der Waals surface area contributed by atoms with E-state index in [1.807, 2.05) is 6.07 Å². The molecule has 4 nitrogen and oxygen atoms in total. The van der Waals surface area contributed by atoms with E-state index >= 15 is 0 Å². The molecule has 100 valence electrons. The van der Waals surface area contributed by atoms with Crippen LogP contribution in [0, 0.1) is 17.2 Å². The molecule has 0 bridgehead atoms. The number of benzene rings is 1. The molecular weight excluding hydrogens is 266 g/mol. The normalized spacial score (nSPS) is 15.8. The summed E-state index contributed by atoms with van der Waals surface area (Å²) in [4.78, 5) is 11.9. The van der Waals surface area contributed by atoms with Crippen LogP contribution >= 0.6 is 11.6 Å². The summed E-state index contributed by atoms with van der Waals surface area (Å²) in [5, 5.41) is 9.07. The number of ether oxygens (including phenoxy) is 2. The molecule has 1 fully saturated rings. The summed E-state index contributed by atoms with van der Waals surface area (Å²) >= 11 is 5.97. The summed E-state index contributed by atoms with van der Waals surface area (Å²) in [7, 11) is 0. The third-order valence-electron chi connectivity index (χ3n) is 3.11. The van der Waals surface area contributed by atoms with Crippen LogP contribution in [0.1, 0.15) is 18.4 Å². The lowest BCUT2D eigenvalue weighted by Crippen LogP contribution is -2.27. The van der Waals surface area contributed by atoms with Crippen LogP contribution in [0.4, 0.5) is 0 Å². The highest BCUT2D eigenvalue weighted by Gasteiger charge is 2.22. The zero-order chi connectivity index (χ0) is 13.7. The van der Waals surface area contributed by atoms with Crippen molar-refractivity contribution in [3.8, 4) is 11.8 Å². The predicted octanol–water partition coefficient (Wildman–Crippen LogP) is 2.59. The Labute approximate surface area is 116 Å². The van der Waals surface area contributed by atoms with Crippen molar-refractivity contribution in [2.45, 2.75) is 12.8 Å². The van der Waals surface area contributed by atoms with Crippen LogP contribution in [0.2, 0.25) is 5.02 Å². The summed E-state index contributed by atoms with van der Waals surface area (Å²) in [6.07, 6.45) is 1.51. The second-order valence-corrected chi connectivity index (χ2v) is 4.81. The van der Waals surface area contributed by atoms with Crippen molar-refractivity contribution in [1.82, 2.24) is 0 Å². The lowest BCUT2D eigenvalue weighted by molar-refractivity contribution is -0.127. The monoisotopic (exact) mass is 279 g/mol. The molecule has 1 aliphatic rings. The van der Waals surface area contributed by atoms with Gasteiger partial charge in [0.1, 0.15) is 12.4 Å². The summed E-state index contributed by atoms with van der Waals surface area (Å²) in [6, 6.07) is 6.73. The highest BCUT2D eigenvalue weighted by Crippen LogP contribution is 2.25. The largest absolute Gasteiger partial charge is 0.484 e. The van der Waals surface area contributed by atoms with E-state index < -0.39 is 0 Å². The van der Waals surface area contributed by atoms with E-state index in [1.165, 1.54) is 6.07 Å². The number of ketones is 1. The Morgan fingerprint density at radius 1 is 1.47 bits per heavy atom. The minimum atomic E-state index is 0.0102. The van der Waals surface area contributed by atoms with E-state index in [9.17, 15) is 4.79 Å². The van der Waals surface area contributed by atoms with Gasteiger partial charge in [-0.15, -0.1) is 0 Å². The van der Waals surface area contributed by atoms with Gasteiger partial charge in [0.05, 0.1) is 16.7 Å². The van der Waals surface area contributed by atoms with Gasteiger partial charge in [-0.3, -0.25) is 4.79 Å². The molecule has 0 amide bonds. The van der Waals surface area contributed by atoms with Crippen molar-refractivity contribution in [3.63, 3.8) is 0 Å². The van der Waals surface area contributed by atoms with Gasteiger partial charge < -0.3 is 9.47 Å². The Morgan fingerprint density at radius 2 is 2.21 bits per heavy atom. The van der Waals surface area contributed by atoms with Gasteiger partial charge in [0.2, 0.25) is 0 Å². The minimum Gasteiger partial charge on any atom is -0.484 e. The first-order valence-corrected chi connectivity index (χ1v) is 6.51. The number of Topliss-reactive ketones (excluding diaryl/α,β-unsaturated/α-hetero) is 1. The Morgan fingerprint density at radius 3 is 2.84 bits per heavy atom. The third-order valence-corrected chi connectivity index (χ3v) is 3.40. The first-order chi connectivity index (χ1) is 9.20. The van der Waals surface area contributed by atoms with E-state index in [0.717, 1.165) is 12.8 Å². The van der Waals surface area contributed by atoms with Gasteiger partial charge in [-0.1, -0.05) is 11.6 Å². The van der Waals surface area contributed by atoms with E-state index in [4.69, 9.17) is 26.3 Å². The van der Waals surface area contributed by atoms with Crippen molar-refractivity contribution in [2.75, 3.05) is 19.8 Å². The van der Waals surface area contributed by atoms with Crippen LogP contribution < -0.4 is 4.74 Å². The number of rotatable bonds is 4. The standard InChI is InChI=1S/C14H14ClNO3/c15-12-7-10(8-16)1-2-14(12)19-9-13(17)11-3-5-18-6-4-11/h1-2,7,11H,3-6,9H2. The number of carbonyl (C=O) groups excluding carboxylic acids is 1. The van der Waals surface area contributed by atoms with Gasteiger partial charge in [-0.2, -0.15) is 5.26 Å². The highest BCUT2D eigenvalue weighted by molar-refractivity contribution is 6.32. The topological polar surface area (TPSA) is 59.3 Å². The molecule has 0 atom stereocenters. The molecular formula is C14H14ClNO3. The zero-order valence-electron chi connectivity index (χ0n) is 10.4. The zero-order valence-corrected chi connectivity index (χ0v) is 11.2. The lowest BCUT2D eigenvalue weighted by atomic mass is 9.96. The maximum Gasteiger partial charge on any atom is 0.173 e. The van der Waals surface area contributed by atoms with E-state index in [-0.39, 0.29) is 18.3 Å². The van der Waals surface area contributed by atoms with Crippen molar-refractivity contribution in [3.05, 3.63) is 28.8 Å². The fourth-order valence-corrected chi connectivity index (χ4v) is 2.21. The maximum absolute atomic E-state index is 11.9. The van der Waals surface area contributed by atoms with Crippen LogP contribution in [-0.4, -0.2) is 25.6 Å². The molecule has 0 N–H and O–H groups in total. The van der Waals surface area contributed by atoms with Gasteiger partial charge in [0.25, 0.3) is 0 Å². The lowest BCUT2D eigenvalue weighted by Gasteiger charge is -2.20. The summed E-state index contributed by atoms with van der Waals surface area (Å²) < 4.78 is 10.6. The van der Waals surface area contributed by atoms with Crippen molar-refractivity contribution in [2.24, 2.45) is 5.92 Å². The molecule has 1 heterocycles. The van der Waals surface area contributed by atoms with Gasteiger partial charge in [0.15, 0.2) is 5.78 Å². The molecule has 5 heteroatoms. The molecule has 0 aliphatic carbocycles. The SMILES string of the molecule is N#Cc1ccc(OCC(=O)C2CCOCC2)c(Cl)c1. The molecule has 1 aliphatic heterocycles. The molecule has 0 unspecified atom stereocenters. The average Bonchev–Trinajstić information content (AvgIpc) is 2.46. The number of nitrogens with zero attached hydrogens (tertiary/aromatic N) is 1. The Hall–Kier alpha value is -1.57. The Bertz CT molecular complexity index is 504. The fourth-order valence-electron chi connectivity index (χ4n) is 1.97. The summed E-state index contributed by atoms with van der Waals surface area (Å²) in [6.45, 7) is 1.28. The minimum absolute atomic E-state index is 0.0102. The van der Waals surface area contributed by atoms with Gasteiger partial charge in [-0.05, 0) is 31.0 Å². The third kappa shape index (κ3) is 3.69. The molecule has 1 saturated heterocycles. The highest BCUT2D eigenvalue weighted by atomic mass is 35.5. The molecule has 19 heavy (non-hydrogen) atoms. The second kappa shape index (κ2) is 6.55. The number of hydrogen-bond donors (Lipinski definition) is 0. The molecule has 0 aromatic heterocycles. The first kappa shape index (κ1) is 13.9. The second-order valence-electron chi connectivity index (χ2n) is 4.40. The van der Waals surface area contributed by atoms with Crippen molar-refractivity contribution >= 4 is 17.4 Å². The van der Waals surface area contributed by atoms with E-state index in [1.54, 1.807) is 12.1 Å². The van der Waals surface area contributed by atoms with Crippen LogP contribution in [0.25, 0.3) is 0 Å². The van der Waals surface area contributed by atoms with Gasteiger partial charge >= 0.3 is 0 Å². The number of halogens is 1. The molecule has 2 rings (SSSR count). The van der Waals surface area contributed by atoms with Crippen molar-refractivity contribution < 1.29 is 14.3 Å². The van der Waals surface area contributed by atoms with E-state index in [0.29, 0.717) is 29.5 Å². The Balaban J connectivity index is 1.91. The molecule has 0 spiro atoms. The van der Waals surface area contributed by atoms with Gasteiger partial charge in [0, 0.05) is 19.1 Å². The van der Waals surface area contributed by atoms with Crippen molar-refractivity contribution in [1.29, 1.82) is 5.26 Å². The number of nitriles is 1. The number of hydrogen-bond acceptors (Lipinski definition) is 4. The quantitative estimate of drug-likeness (QED) is 0.850. The molecule has 0 radical (unpaired) electrons. The first-order valence-electron chi connectivity index (χ1n) is 6.13. The van der Waals surface area contributed by atoms with Crippen LogP contribution in [0.3, 0.4) is 0 Å². The summed E-state index contributed by atoms with van der Waals surface area (Å²) in [5.41, 5.74) is 0.466. The van der Waals surface area contributed by atoms with Crippen LogP contribution in [-0.2, 0) is 9.53 Å². The maximum atomic E-state index is 11.9. The predicted molar refractivity (Wildman–Crippen MR) is 70.2 cm³/mol. The Kier molecular flexibility index (Phi) is 4.78. The van der Waals surface area contributed by atoms with Gasteiger partial charge in [-0.25, -0.2) is 0 Å². The molecule has 1 aromatic carbocycles. The fraction of sp³-hybridized carbons (Fsp3) is 0.429. The van der Waals surface area contributed by atoms with E-state index in [2.05, 4.69) is 0 Å². The van der Waals surface area contributed by atoms with Crippen LogP contribution in [0.15, 0.2) is 18.2 Å². The van der Waals surface area contributed by atoms with Crippen LogP contribution in [0.5, 0.6) is 5.75 Å².